The smallest absolute Gasteiger partial charge is 0.126 e. The van der Waals surface area contributed by atoms with Crippen molar-refractivity contribution >= 4 is 0 Å². The second kappa shape index (κ2) is 4.19. The third-order valence-corrected chi connectivity index (χ3v) is 2.04. The molecule has 70 valence electrons. The van der Waals surface area contributed by atoms with Crippen LogP contribution in [0.5, 0.6) is 0 Å². The molecule has 2 heteroatoms. The summed E-state index contributed by atoms with van der Waals surface area (Å²) in [6, 6.07) is 4.94. The van der Waals surface area contributed by atoms with E-state index in [0.717, 1.165) is 5.56 Å². The largest absolute Gasteiger partial charge is 0.324 e. The Balaban J connectivity index is 2.89. The van der Waals surface area contributed by atoms with Gasteiger partial charge in [0.15, 0.2) is 0 Å². The fourth-order valence-corrected chi connectivity index (χ4v) is 1.16. The fraction of sp³-hybridized carbons (Fsp3) is 0.273. The van der Waals surface area contributed by atoms with Crippen molar-refractivity contribution < 1.29 is 4.39 Å². The quantitative estimate of drug-likeness (QED) is 0.709. The van der Waals surface area contributed by atoms with Gasteiger partial charge in [0, 0.05) is 6.04 Å². The van der Waals surface area contributed by atoms with Gasteiger partial charge in [0.25, 0.3) is 0 Å². The molecular weight excluding hydrogens is 165 g/mol. The molecule has 2 N–H and O–H groups in total. The van der Waals surface area contributed by atoms with E-state index in [1.807, 2.05) is 6.07 Å². The van der Waals surface area contributed by atoms with Crippen molar-refractivity contribution in [1.29, 1.82) is 0 Å². The van der Waals surface area contributed by atoms with Crippen LogP contribution in [0.3, 0.4) is 0 Å². The predicted molar refractivity (Wildman–Crippen MR) is 52.9 cm³/mol. The summed E-state index contributed by atoms with van der Waals surface area (Å²) in [6.45, 7) is 5.33. The zero-order valence-corrected chi connectivity index (χ0v) is 7.76. The van der Waals surface area contributed by atoms with Gasteiger partial charge in [-0.15, -0.1) is 6.58 Å². The molecule has 1 unspecified atom stereocenters. The van der Waals surface area contributed by atoms with Crippen LogP contribution in [0.25, 0.3) is 0 Å². The molecule has 0 fully saturated rings. The molecule has 0 aliphatic heterocycles. The Morgan fingerprint density at radius 2 is 2.31 bits per heavy atom. The van der Waals surface area contributed by atoms with Gasteiger partial charge in [-0.1, -0.05) is 18.2 Å². The Morgan fingerprint density at radius 1 is 1.62 bits per heavy atom. The van der Waals surface area contributed by atoms with E-state index in [1.165, 1.54) is 6.07 Å². The first-order chi connectivity index (χ1) is 6.15. The van der Waals surface area contributed by atoms with Crippen molar-refractivity contribution in [2.24, 2.45) is 5.73 Å². The average Bonchev–Trinajstić information content (AvgIpc) is 2.10. The molecule has 0 aromatic heterocycles. The summed E-state index contributed by atoms with van der Waals surface area (Å²) >= 11 is 0. The maximum Gasteiger partial charge on any atom is 0.126 e. The van der Waals surface area contributed by atoms with Crippen LogP contribution >= 0.6 is 0 Å². The molecule has 0 saturated heterocycles. The average molecular weight is 179 g/mol. The number of halogens is 1. The first-order valence-electron chi connectivity index (χ1n) is 4.27. The predicted octanol–water partition coefficient (Wildman–Crippen LogP) is 2.71. The lowest BCUT2D eigenvalue weighted by Gasteiger charge is -2.09. The molecule has 0 amide bonds. The number of rotatable bonds is 3. The third-order valence-electron chi connectivity index (χ3n) is 2.04. The van der Waals surface area contributed by atoms with Crippen molar-refractivity contribution in [2.45, 2.75) is 19.4 Å². The van der Waals surface area contributed by atoms with Crippen LogP contribution in [0, 0.1) is 12.7 Å². The zero-order valence-electron chi connectivity index (χ0n) is 7.76. The normalized spacial score (nSPS) is 12.5. The topological polar surface area (TPSA) is 26.0 Å². The molecule has 1 aromatic carbocycles. The monoisotopic (exact) mass is 179 g/mol. The van der Waals surface area contributed by atoms with E-state index in [9.17, 15) is 4.39 Å². The Hall–Kier alpha value is -1.15. The lowest BCUT2D eigenvalue weighted by molar-refractivity contribution is 0.611. The van der Waals surface area contributed by atoms with E-state index in [2.05, 4.69) is 6.58 Å². The van der Waals surface area contributed by atoms with Crippen molar-refractivity contribution in [1.82, 2.24) is 0 Å². The molecule has 0 aliphatic rings. The molecule has 0 saturated carbocycles. The van der Waals surface area contributed by atoms with Gasteiger partial charge in [-0.25, -0.2) is 4.39 Å². The van der Waals surface area contributed by atoms with Crippen LogP contribution in [0.1, 0.15) is 23.6 Å². The molecule has 0 radical (unpaired) electrons. The minimum atomic E-state index is -0.197. The summed E-state index contributed by atoms with van der Waals surface area (Å²) in [5, 5.41) is 0. The van der Waals surface area contributed by atoms with Crippen LogP contribution in [-0.4, -0.2) is 0 Å². The lowest BCUT2D eigenvalue weighted by atomic mass is 10.0. The zero-order chi connectivity index (χ0) is 9.84. The van der Waals surface area contributed by atoms with Crippen molar-refractivity contribution in [3.05, 3.63) is 47.8 Å². The SMILES string of the molecule is C=CCC(N)c1ccc(C)c(F)c1. The number of hydrogen-bond acceptors (Lipinski definition) is 1. The van der Waals surface area contributed by atoms with Gasteiger partial charge in [-0.05, 0) is 30.5 Å². The highest BCUT2D eigenvalue weighted by Gasteiger charge is 2.05. The van der Waals surface area contributed by atoms with Crippen molar-refractivity contribution in [3.8, 4) is 0 Å². The second-order valence-corrected chi connectivity index (χ2v) is 3.14. The molecule has 1 rings (SSSR count). The van der Waals surface area contributed by atoms with Crippen molar-refractivity contribution in [3.63, 3.8) is 0 Å². The summed E-state index contributed by atoms with van der Waals surface area (Å²) in [7, 11) is 0. The second-order valence-electron chi connectivity index (χ2n) is 3.14. The van der Waals surface area contributed by atoms with Gasteiger partial charge in [-0.2, -0.15) is 0 Å². The van der Waals surface area contributed by atoms with E-state index in [-0.39, 0.29) is 11.9 Å². The van der Waals surface area contributed by atoms with Crippen LogP contribution in [-0.2, 0) is 0 Å². The molecule has 0 spiro atoms. The number of hydrogen-bond donors (Lipinski definition) is 1. The highest BCUT2D eigenvalue weighted by molar-refractivity contribution is 5.25. The number of benzene rings is 1. The molecule has 1 aromatic rings. The molecule has 1 atom stereocenters. The van der Waals surface area contributed by atoms with Gasteiger partial charge in [0.05, 0.1) is 0 Å². The van der Waals surface area contributed by atoms with Gasteiger partial charge >= 0.3 is 0 Å². The van der Waals surface area contributed by atoms with E-state index >= 15 is 0 Å². The van der Waals surface area contributed by atoms with E-state index in [1.54, 1.807) is 19.1 Å². The van der Waals surface area contributed by atoms with Gasteiger partial charge < -0.3 is 5.73 Å². The Morgan fingerprint density at radius 3 is 2.85 bits per heavy atom. The fourth-order valence-electron chi connectivity index (χ4n) is 1.16. The molecule has 0 heterocycles. The van der Waals surface area contributed by atoms with E-state index < -0.39 is 0 Å². The number of nitrogens with two attached hydrogens (primary N) is 1. The van der Waals surface area contributed by atoms with Crippen molar-refractivity contribution in [2.75, 3.05) is 0 Å². The van der Waals surface area contributed by atoms with Crippen LogP contribution in [0.2, 0.25) is 0 Å². The highest BCUT2D eigenvalue weighted by atomic mass is 19.1. The first-order valence-corrected chi connectivity index (χ1v) is 4.27. The van der Waals surface area contributed by atoms with Gasteiger partial charge in [-0.3, -0.25) is 0 Å². The van der Waals surface area contributed by atoms with Gasteiger partial charge in [0.2, 0.25) is 0 Å². The molecule has 0 bridgehead atoms. The first kappa shape index (κ1) is 9.93. The Labute approximate surface area is 78.1 Å². The summed E-state index contributed by atoms with van der Waals surface area (Å²) < 4.78 is 13.1. The summed E-state index contributed by atoms with van der Waals surface area (Å²) in [5.41, 5.74) is 7.26. The molecule has 0 aliphatic carbocycles. The Kier molecular flexibility index (Phi) is 3.20. The van der Waals surface area contributed by atoms with E-state index in [0.29, 0.717) is 12.0 Å². The summed E-state index contributed by atoms with van der Waals surface area (Å²) in [6.07, 6.45) is 2.41. The maximum absolute atomic E-state index is 13.1. The molecule has 1 nitrogen and oxygen atoms in total. The molecular formula is C11H14FN. The van der Waals surface area contributed by atoms with E-state index in [4.69, 9.17) is 5.73 Å². The Bertz CT molecular complexity index is 307. The minimum Gasteiger partial charge on any atom is -0.324 e. The minimum absolute atomic E-state index is 0.146. The standard InChI is InChI=1S/C11H14FN/c1-3-4-11(13)9-6-5-8(2)10(12)7-9/h3,5-7,11H,1,4,13H2,2H3. The van der Waals surface area contributed by atoms with Crippen LogP contribution in [0.15, 0.2) is 30.9 Å². The summed E-state index contributed by atoms with van der Waals surface area (Å²) in [4.78, 5) is 0. The third kappa shape index (κ3) is 2.39. The lowest BCUT2D eigenvalue weighted by Crippen LogP contribution is -2.09. The van der Waals surface area contributed by atoms with Crippen LogP contribution < -0.4 is 5.73 Å². The number of aryl methyl sites for hydroxylation is 1. The maximum atomic E-state index is 13.1. The highest BCUT2D eigenvalue weighted by Crippen LogP contribution is 2.17. The summed E-state index contributed by atoms with van der Waals surface area (Å²) in [5.74, 6) is -0.197. The van der Waals surface area contributed by atoms with Gasteiger partial charge in [0.1, 0.15) is 5.82 Å². The molecule has 13 heavy (non-hydrogen) atoms. The van der Waals surface area contributed by atoms with Crippen LogP contribution in [0.4, 0.5) is 4.39 Å².